The molecule has 3 nitrogen and oxygen atoms in total. The number of halogens is 3. The Kier molecular flexibility index (Phi) is 4.23. The molecular formula is C14H13BrF2N2O. The molecule has 0 aliphatic heterocycles. The molecule has 0 aliphatic carbocycles. The highest BCUT2D eigenvalue weighted by molar-refractivity contribution is 9.10. The van der Waals surface area contributed by atoms with Crippen LogP contribution in [0, 0.1) is 11.6 Å². The van der Waals surface area contributed by atoms with Gasteiger partial charge in [0.15, 0.2) is 0 Å². The molecule has 2 rings (SSSR count). The molecule has 0 fully saturated rings. The molecule has 0 unspecified atom stereocenters. The number of carbonyl (C=O) groups is 1. The lowest BCUT2D eigenvalue weighted by Crippen LogP contribution is -2.18. The van der Waals surface area contributed by atoms with E-state index < -0.39 is 17.5 Å². The van der Waals surface area contributed by atoms with E-state index in [1.54, 1.807) is 16.8 Å². The van der Waals surface area contributed by atoms with Crippen molar-refractivity contribution in [1.29, 1.82) is 0 Å². The standard InChI is InChI=1S/C14H13BrF2N2O/c1-8(2)19-7-9(15)3-13(19)14(20)18-12-5-10(16)4-11(17)6-12/h3-8H,1-2H3,(H,18,20). The van der Waals surface area contributed by atoms with Crippen LogP contribution in [0.4, 0.5) is 14.5 Å². The van der Waals surface area contributed by atoms with Crippen molar-refractivity contribution < 1.29 is 13.6 Å². The Bertz CT molecular complexity index is 632. The fourth-order valence-electron chi connectivity index (χ4n) is 1.88. The van der Waals surface area contributed by atoms with Gasteiger partial charge in [-0.25, -0.2) is 8.78 Å². The molecule has 106 valence electrons. The summed E-state index contributed by atoms with van der Waals surface area (Å²) in [5.41, 5.74) is 0.497. The first kappa shape index (κ1) is 14.7. The predicted molar refractivity (Wildman–Crippen MR) is 76.8 cm³/mol. The molecule has 6 heteroatoms. The van der Waals surface area contributed by atoms with Gasteiger partial charge in [0, 0.05) is 28.5 Å². The van der Waals surface area contributed by atoms with Crippen LogP contribution < -0.4 is 5.32 Å². The molecule has 0 spiro atoms. The number of hydrogen-bond acceptors (Lipinski definition) is 1. The van der Waals surface area contributed by atoms with Crippen LogP contribution in [0.2, 0.25) is 0 Å². The number of aromatic nitrogens is 1. The first-order valence-electron chi connectivity index (χ1n) is 6.01. The molecule has 20 heavy (non-hydrogen) atoms. The topological polar surface area (TPSA) is 34.0 Å². The number of rotatable bonds is 3. The van der Waals surface area contributed by atoms with Crippen LogP contribution in [0.1, 0.15) is 30.4 Å². The van der Waals surface area contributed by atoms with E-state index in [9.17, 15) is 13.6 Å². The quantitative estimate of drug-likeness (QED) is 0.883. The number of amides is 1. The number of benzene rings is 1. The summed E-state index contributed by atoms with van der Waals surface area (Å²) in [7, 11) is 0. The average molecular weight is 343 g/mol. The smallest absolute Gasteiger partial charge is 0.272 e. The van der Waals surface area contributed by atoms with Crippen molar-refractivity contribution in [2.75, 3.05) is 5.32 Å². The zero-order chi connectivity index (χ0) is 14.9. The maximum absolute atomic E-state index is 13.1. The molecule has 0 atom stereocenters. The van der Waals surface area contributed by atoms with E-state index in [-0.39, 0.29) is 11.7 Å². The summed E-state index contributed by atoms with van der Waals surface area (Å²) in [5, 5.41) is 2.49. The number of nitrogens with one attached hydrogen (secondary N) is 1. The fraction of sp³-hybridized carbons (Fsp3) is 0.214. The van der Waals surface area contributed by atoms with Crippen LogP contribution in [0.3, 0.4) is 0 Å². The Morgan fingerprint density at radius 3 is 2.35 bits per heavy atom. The Morgan fingerprint density at radius 1 is 1.20 bits per heavy atom. The van der Waals surface area contributed by atoms with Crippen LogP contribution in [0.25, 0.3) is 0 Å². The zero-order valence-corrected chi connectivity index (χ0v) is 12.5. The van der Waals surface area contributed by atoms with Crippen LogP contribution >= 0.6 is 15.9 Å². The van der Waals surface area contributed by atoms with E-state index in [2.05, 4.69) is 21.2 Å². The summed E-state index contributed by atoms with van der Waals surface area (Å²) >= 11 is 3.31. The Labute approximate surface area is 123 Å². The monoisotopic (exact) mass is 342 g/mol. The summed E-state index contributed by atoms with van der Waals surface area (Å²) in [6, 6.07) is 4.64. The van der Waals surface area contributed by atoms with Gasteiger partial charge >= 0.3 is 0 Å². The van der Waals surface area contributed by atoms with Gasteiger partial charge in [0.1, 0.15) is 17.3 Å². The molecule has 0 radical (unpaired) electrons. The van der Waals surface area contributed by atoms with Gasteiger partial charge in [-0.3, -0.25) is 4.79 Å². The molecule has 0 bridgehead atoms. The van der Waals surface area contributed by atoms with Crippen molar-refractivity contribution in [3.05, 3.63) is 52.3 Å². The summed E-state index contributed by atoms with van der Waals surface area (Å²) in [6.45, 7) is 3.87. The molecule has 2 aromatic rings. The van der Waals surface area contributed by atoms with Gasteiger partial charge < -0.3 is 9.88 Å². The van der Waals surface area contributed by atoms with Crippen LogP contribution in [-0.2, 0) is 0 Å². The molecule has 1 aromatic carbocycles. The van der Waals surface area contributed by atoms with Gasteiger partial charge in [-0.15, -0.1) is 0 Å². The minimum absolute atomic E-state index is 0.0835. The summed E-state index contributed by atoms with van der Waals surface area (Å²) in [5.74, 6) is -1.89. The van der Waals surface area contributed by atoms with Crippen LogP contribution in [0.5, 0.6) is 0 Å². The fourth-order valence-corrected chi connectivity index (χ4v) is 2.31. The van der Waals surface area contributed by atoms with E-state index in [0.29, 0.717) is 5.69 Å². The second-order valence-corrected chi connectivity index (χ2v) is 5.57. The molecule has 1 heterocycles. The van der Waals surface area contributed by atoms with Crippen molar-refractivity contribution >= 4 is 27.5 Å². The average Bonchev–Trinajstić information content (AvgIpc) is 2.70. The SMILES string of the molecule is CC(C)n1cc(Br)cc1C(=O)Nc1cc(F)cc(F)c1. The van der Waals surface area contributed by atoms with Gasteiger partial charge in [-0.1, -0.05) is 0 Å². The molecule has 1 N–H and O–H groups in total. The van der Waals surface area contributed by atoms with Crippen LogP contribution in [0.15, 0.2) is 34.9 Å². The van der Waals surface area contributed by atoms with E-state index in [4.69, 9.17) is 0 Å². The normalized spacial score (nSPS) is 10.9. The number of anilines is 1. The lowest BCUT2D eigenvalue weighted by atomic mass is 10.2. The molecule has 0 saturated carbocycles. The van der Waals surface area contributed by atoms with Gasteiger partial charge in [0.05, 0.1) is 0 Å². The highest BCUT2D eigenvalue weighted by Gasteiger charge is 2.15. The molecule has 1 aromatic heterocycles. The highest BCUT2D eigenvalue weighted by Crippen LogP contribution is 2.21. The summed E-state index contributed by atoms with van der Waals surface area (Å²) in [4.78, 5) is 12.2. The Balaban J connectivity index is 2.28. The third-order valence-electron chi connectivity index (χ3n) is 2.72. The molecular weight excluding hydrogens is 330 g/mol. The second-order valence-electron chi connectivity index (χ2n) is 4.66. The van der Waals surface area contributed by atoms with Crippen molar-refractivity contribution in [2.24, 2.45) is 0 Å². The minimum atomic E-state index is -0.735. The first-order chi connectivity index (χ1) is 9.36. The van der Waals surface area contributed by atoms with E-state index in [0.717, 1.165) is 22.7 Å². The minimum Gasteiger partial charge on any atom is -0.340 e. The molecule has 1 amide bonds. The third kappa shape index (κ3) is 3.25. The Morgan fingerprint density at radius 2 is 1.80 bits per heavy atom. The van der Waals surface area contributed by atoms with Crippen molar-refractivity contribution in [3.63, 3.8) is 0 Å². The maximum atomic E-state index is 13.1. The van der Waals surface area contributed by atoms with Gasteiger partial charge in [0.2, 0.25) is 0 Å². The van der Waals surface area contributed by atoms with Crippen molar-refractivity contribution in [1.82, 2.24) is 4.57 Å². The summed E-state index contributed by atoms with van der Waals surface area (Å²) in [6.07, 6.45) is 1.78. The van der Waals surface area contributed by atoms with Crippen molar-refractivity contribution in [3.8, 4) is 0 Å². The van der Waals surface area contributed by atoms with Crippen molar-refractivity contribution in [2.45, 2.75) is 19.9 Å². The number of carbonyl (C=O) groups excluding carboxylic acids is 1. The lowest BCUT2D eigenvalue weighted by molar-refractivity contribution is 0.101. The number of hydrogen-bond donors (Lipinski definition) is 1. The third-order valence-corrected chi connectivity index (χ3v) is 3.16. The summed E-state index contributed by atoms with van der Waals surface area (Å²) < 4.78 is 28.7. The van der Waals surface area contributed by atoms with E-state index in [1.807, 2.05) is 13.8 Å². The van der Waals surface area contributed by atoms with E-state index >= 15 is 0 Å². The largest absolute Gasteiger partial charge is 0.340 e. The lowest BCUT2D eigenvalue weighted by Gasteiger charge is -2.12. The molecule has 0 saturated heterocycles. The number of nitrogens with zero attached hydrogens (tertiary/aromatic N) is 1. The maximum Gasteiger partial charge on any atom is 0.272 e. The predicted octanol–water partition coefficient (Wildman–Crippen LogP) is 4.36. The Hall–Kier alpha value is -1.69. The van der Waals surface area contributed by atoms with Crippen LogP contribution in [-0.4, -0.2) is 10.5 Å². The molecule has 0 aliphatic rings. The first-order valence-corrected chi connectivity index (χ1v) is 6.81. The zero-order valence-electron chi connectivity index (χ0n) is 11.0. The van der Waals surface area contributed by atoms with E-state index in [1.165, 1.54) is 0 Å². The van der Waals surface area contributed by atoms with Gasteiger partial charge in [-0.2, -0.15) is 0 Å². The highest BCUT2D eigenvalue weighted by atomic mass is 79.9. The van der Waals surface area contributed by atoms with Gasteiger partial charge in [-0.05, 0) is 48.0 Å². The van der Waals surface area contributed by atoms with Gasteiger partial charge in [0.25, 0.3) is 5.91 Å². The second kappa shape index (κ2) is 5.75.